The number of hydrogen-bond acceptors (Lipinski definition) is 3. The van der Waals surface area contributed by atoms with Gasteiger partial charge in [0, 0.05) is 5.56 Å². The van der Waals surface area contributed by atoms with Crippen LogP contribution in [0.15, 0.2) is 24.3 Å². The number of aromatic carboxylic acids is 1. The quantitative estimate of drug-likeness (QED) is 0.907. The monoisotopic (exact) mass is 288 g/mol. The van der Waals surface area contributed by atoms with Crippen molar-refractivity contribution in [2.24, 2.45) is 0 Å². The van der Waals surface area contributed by atoms with Crippen LogP contribution in [0.3, 0.4) is 0 Å². The Kier molecular flexibility index (Phi) is 3.66. The number of nitrogens with zero attached hydrogens (tertiary/aromatic N) is 1. The molecule has 2 rings (SSSR count). The topological polar surface area (TPSA) is 75.2 Å². The van der Waals surface area contributed by atoms with Crippen molar-refractivity contribution in [3.05, 3.63) is 35.0 Å². The maximum Gasteiger partial charge on any atom is 0.387 e. The first-order valence-corrected chi connectivity index (χ1v) is 5.38. The van der Waals surface area contributed by atoms with Gasteiger partial charge >= 0.3 is 12.6 Å². The molecule has 0 amide bonds. The molecule has 0 atom stereocenters. The summed E-state index contributed by atoms with van der Waals surface area (Å²) in [4.78, 5) is 10.7. The number of H-pyrrole nitrogens is 1. The van der Waals surface area contributed by atoms with Crippen LogP contribution in [0.5, 0.6) is 5.75 Å². The third-order valence-corrected chi connectivity index (χ3v) is 2.55. The zero-order chi connectivity index (χ0) is 14.0. The van der Waals surface area contributed by atoms with Gasteiger partial charge in [-0.2, -0.15) is 13.9 Å². The zero-order valence-electron chi connectivity index (χ0n) is 9.23. The molecular weight excluding hydrogens is 282 g/mol. The van der Waals surface area contributed by atoms with E-state index in [1.54, 1.807) is 0 Å². The summed E-state index contributed by atoms with van der Waals surface area (Å²) in [6, 6.07) is 5.38. The fourth-order valence-electron chi connectivity index (χ4n) is 1.43. The van der Waals surface area contributed by atoms with Crippen molar-refractivity contribution in [2.75, 3.05) is 0 Å². The summed E-state index contributed by atoms with van der Waals surface area (Å²) in [5.74, 6) is -1.31. The number of nitrogens with one attached hydrogen (secondary N) is 1. The Labute approximate surface area is 110 Å². The average molecular weight is 289 g/mol. The third-order valence-electron chi connectivity index (χ3n) is 2.25. The summed E-state index contributed by atoms with van der Waals surface area (Å²) in [5, 5.41) is 14.8. The summed E-state index contributed by atoms with van der Waals surface area (Å²) in [5.41, 5.74) is 0.734. The Hall–Kier alpha value is -2.15. The van der Waals surface area contributed by atoms with Crippen LogP contribution in [0.25, 0.3) is 11.3 Å². The number of benzene rings is 1. The van der Waals surface area contributed by atoms with Crippen molar-refractivity contribution < 1.29 is 23.4 Å². The van der Waals surface area contributed by atoms with E-state index in [4.69, 9.17) is 16.7 Å². The number of aromatic nitrogens is 2. The van der Waals surface area contributed by atoms with Crippen molar-refractivity contribution in [3.8, 4) is 17.0 Å². The summed E-state index contributed by atoms with van der Waals surface area (Å²) < 4.78 is 28.3. The Morgan fingerprint density at radius 2 is 2.16 bits per heavy atom. The highest BCUT2D eigenvalue weighted by atomic mass is 35.5. The van der Waals surface area contributed by atoms with E-state index in [9.17, 15) is 13.6 Å². The highest BCUT2D eigenvalue weighted by molar-refractivity contribution is 6.32. The Balaban J connectivity index is 2.30. The molecule has 1 heterocycles. The van der Waals surface area contributed by atoms with Gasteiger partial charge in [0.05, 0.1) is 10.7 Å². The molecule has 0 spiro atoms. The maximum absolute atomic E-state index is 12.1. The Bertz CT molecular complexity index is 616. The number of rotatable bonds is 4. The van der Waals surface area contributed by atoms with Gasteiger partial charge in [-0.15, -0.1) is 0 Å². The van der Waals surface area contributed by atoms with E-state index in [1.165, 1.54) is 24.3 Å². The van der Waals surface area contributed by atoms with Gasteiger partial charge in [-0.25, -0.2) is 4.79 Å². The second-order valence-electron chi connectivity index (χ2n) is 3.50. The molecule has 2 N–H and O–H groups in total. The molecule has 5 nitrogen and oxygen atoms in total. The number of alkyl halides is 2. The van der Waals surface area contributed by atoms with Crippen LogP contribution < -0.4 is 4.74 Å². The SMILES string of the molecule is O=C(O)c1cc(-c2ccc(OC(F)F)c(Cl)c2)n[nH]1. The van der Waals surface area contributed by atoms with Crippen molar-refractivity contribution in [2.45, 2.75) is 6.61 Å². The minimum absolute atomic E-state index is 0.0160. The van der Waals surface area contributed by atoms with E-state index in [0.29, 0.717) is 11.3 Å². The molecule has 1 aromatic carbocycles. The van der Waals surface area contributed by atoms with Gasteiger partial charge in [-0.05, 0) is 24.3 Å². The van der Waals surface area contributed by atoms with Crippen molar-refractivity contribution in [3.63, 3.8) is 0 Å². The minimum atomic E-state index is -2.97. The van der Waals surface area contributed by atoms with Gasteiger partial charge in [0.2, 0.25) is 0 Å². The van der Waals surface area contributed by atoms with Crippen LogP contribution >= 0.6 is 11.6 Å². The number of halogens is 3. The largest absolute Gasteiger partial charge is 0.477 e. The molecule has 8 heteroatoms. The van der Waals surface area contributed by atoms with Crippen LogP contribution in [-0.2, 0) is 0 Å². The normalized spacial score (nSPS) is 10.7. The number of carboxylic acid groups (broad SMARTS) is 1. The average Bonchev–Trinajstić information content (AvgIpc) is 2.80. The molecule has 0 saturated heterocycles. The second kappa shape index (κ2) is 5.23. The van der Waals surface area contributed by atoms with Gasteiger partial charge in [-0.1, -0.05) is 11.6 Å². The van der Waals surface area contributed by atoms with Crippen LogP contribution in [-0.4, -0.2) is 27.9 Å². The molecule has 19 heavy (non-hydrogen) atoms. The first-order chi connectivity index (χ1) is 8.97. The number of carboxylic acids is 1. The van der Waals surface area contributed by atoms with Gasteiger partial charge in [0.15, 0.2) is 0 Å². The predicted molar refractivity (Wildman–Crippen MR) is 62.6 cm³/mol. The van der Waals surface area contributed by atoms with E-state index in [2.05, 4.69) is 14.9 Å². The van der Waals surface area contributed by atoms with E-state index in [1.807, 2.05) is 0 Å². The summed E-state index contributed by atoms with van der Waals surface area (Å²) >= 11 is 5.78. The molecule has 0 bridgehead atoms. The van der Waals surface area contributed by atoms with Gasteiger partial charge in [0.1, 0.15) is 11.4 Å². The minimum Gasteiger partial charge on any atom is -0.477 e. The Morgan fingerprint density at radius 3 is 2.68 bits per heavy atom. The maximum atomic E-state index is 12.1. The lowest BCUT2D eigenvalue weighted by molar-refractivity contribution is -0.0497. The van der Waals surface area contributed by atoms with E-state index >= 15 is 0 Å². The van der Waals surface area contributed by atoms with E-state index in [0.717, 1.165) is 0 Å². The summed E-state index contributed by atoms with van der Waals surface area (Å²) in [7, 11) is 0. The fraction of sp³-hybridized carbons (Fsp3) is 0.0909. The summed E-state index contributed by atoms with van der Waals surface area (Å²) in [6.45, 7) is -2.97. The zero-order valence-corrected chi connectivity index (χ0v) is 9.99. The van der Waals surface area contributed by atoms with Gasteiger partial charge < -0.3 is 9.84 Å². The Morgan fingerprint density at radius 1 is 1.42 bits per heavy atom. The lowest BCUT2D eigenvalue weighted by atomic mass is 10.1. The van der Waals surface area contributed by atoms with Crippen molar-refractivity contribution in [1.82, 2.24) is 10.2 Å². The molecule has 0 unspecified atom stereocenters. The van der Waals surface area contributed by atoms with Gasteiger partial charge in [0.25, 0.3) is 0 Å². The van der Waals surface area contributed by atoms with Gasteiger partial charge in [-0.3, -0.25) is 5.10 Å². The van der Waals surface area contributed by atoms with Crippen molar-refractivity contribution >= 4 is 17.6 Å². The molecule has 0 aliphatic heterocycles. The number of hydrogen-bond donors (Lipinski definition) is 2. The number of carbonyl (C=O) groups is 1. The molecular formula is C11H7ClF2N2O3. The molecule has 1 aromatic heterocycles. The lowest BCUT2D eigenvalue weighted by Gasteiger charge is -2.07. The first-order valence-electron chi connectivity index (χ1n) is 5.01. The smallest absolute Gasteiger partial charge is 0.387 e. The standard InChI is InChI=1S/C11H7ClF2N2O3/c12-6-3-5(1-2-9(6)19-11(13)14)7-4-8(10(17)18)16-15-7/h1-4,11H,(H,15,16)(H,17,18). The molecule has 0 aliphatic rings. The molecule has 0 fully saturated rings. The molecule has 0 radical (unpaired) electrons. The number of ether oxygens (including phenoxy) is 1. The number of aromatic amines is 1. The molecule has 100 valence electrons. The fourth-order valence-corrected chi connectivity index (χ4v) is 1.66. The highest BCUT2D eigenvalue weighted by Gasteiger charge is 2.13. The molecule has 0 saturated carbocycles. The van der Waals surface area contributed by atoms with Crippen LogP contribution in [0, 0.1) is 0 Å². The highest BCUT2D eigenvalue weighted by Crippen LogP contribution is 2.30. The summed E-state index contributed by atoms with van der Waals surface area (Å²) in [6.07, 6.45) is 0. The molecule has 2 aromatic rings. The van der Waals surface area contributed by atoms with Crippen molar-refractivity contribution in [1.29, 1.82) is 0 Å². The van der Waals surface area contributed by atoms with Crippen LogP contribution in [0.1, 0.15) is 10.5 Å². The molecule has 0 aliphatic carbocycles. The second-order valence-corrected chi connectivity index (χ2v) is 3.90. The van der Waals surface area contributed by atoms with E-state index in [-0.39, 0.29) is 16.5 Å². The van der Waals surface area contributed by atoms with Crippen LogP contribution in [0.2, 0.25) is 5.02 Å². The predicted octanol–water partition coefficient (Wildman–Crippen LogP) is 3.03. The lowest BCUT2D eigenvalue weighted by Crippen LogP contribution is -2.02. The first kappa shape index (κ1) is 13.3. The van der Waals surface area contributed by atoms with E-state index < -0.39 is 12.6 Å². The van der Waals surface area contributed by atoms with Crippen LogP contribution in [0.4, 0.5) is 8.78 Å². The third kappa shape index (κ3) is 3.00.